The Morgan fingerprint density at radius 1 is 1.29 bits per heavy atom. The van der Waals surface area contributed by atoms with Gasteiger partial charge in [0.05, 0.1) is 12.2 Å². The van der Waals surface area contributed by atoms with Gasteiger partial charge in [0.15, 0.2) is 5.78 Å². The van der Waals surface area contributed by atoms with Gasteiger partial charge < -0.3 is 14.9 Å². The highest BCUT2D eigenvalue weighted by atomic mass is 16.5. The van der Waals surface area contributed by atoms with E-state index in [1.165, 1.54) is 19.3 Å². The van der Waals surface area contributed by atoms with E-state index < -0.39 is 17.8 Å². The molecule has 4 heteroatoms. The molecule has 3 aliphatic rings. The van der Waals surface area contributed by atoms with E-state index in [-0.39, 0.29) is 23.5 Å². The number of aliphatic hydroxyl groups is 2. The number of ketones is 1. The van der Waals surface area contributed by atoms with E-state index >= 15 is 0 Å². The zero-order valence-corrected chi connectivity index (χ0v) is 15.0. The molecule has 136 valence electrons. The molecule has 4 nitrogen and oxygen atoms in total. The van der Waals surface area contributed by atoms with Crippen LogP contribution in [-0.4, -0.2) is 40.4 Å². The lowest BCUT2D eigenvalue weighted by Gasteiger charge is -2.58. The van der Waals surface area contributed by atoms with Crippen LogP contribution in [0.5, 0.6) is 0 Å². The minimum absolute atomic E-state index is 0.0310. The van der Waals surface area contributed by atoms with Crippen LogP contribution in [0.15, 0.2) is 12.2 Å². The van der Waals surface area contributed by atoms with Crippen LogP contribution in [0.2, 0.25) is 0 Å². The Bertz CT molecular complexity index is 482. The van der Waals surface area contributed by atoms with Crippen LogP contribution in [0.3, 0.4) is 0 Å². The molecular formula is C20H32O4. The molecule has 3 aliphatic carbocycles. The molecule has 0 radical (unpaired) electrons. The maximum absolute atomic E-state index is 12.5. The zero-order valence-electron chi connectivity index (χ0n) is 15.0. The van der Waals surface area contributed by atoms with Gasteiger partial charge >= 0.3 is 0 Å². The van der Waals surface area contributed by atoms with E-state index in [1.54, 1.807) is 0 Å². The summed E-state index contributed by atoms with van der Waals surface area (Å²) in [5.74, 6) is 0.382. The first-order chi connectivity index (χ1) is 11.5. The largest absolute Gasteiger partial charge is 0.393 e. The molecule has 0 spiro atoms. The van der Waals surface area contributed by atoms with Gasteiger partial charge in [0, 0.05) is 24.4 Å². The fourth-order valence-electron chi connectivity index (χ4n) is 5.37. The van der Waals surface area contributed by atoms with Gasteiger partial charge in [-0.2, -0.15) is 0 Å². The minimum atomic E-state index is -0.696. The topological polar surface area (TPSA) is 66.8 Å². The molecule has 0 saturated heterocycles. The average Bonchev–Trinajstić information content (AvgIpc) is 2.61. The van der Waals surface area contributed by atoms with Gasteiger partial charge in [-0.15, -0.1) is 0 Å². The summed E-state index contributed by atoms with van der Waals surface area (Å²) in [6, 6.07) is 0. The first-order valence-corrected chi connectivity index (χ1v) is 9.74. The van der Waals surface area contributed by atoms with E-state index in [4.69, 9.17) is 4.74 Å². The van der Waals surface area contributed by atoms with Crippen molar-refractivity contribution >= 4 is 5.78 Å². The molecular weight excluding hydrogens is 304 g/mol. The third-order valence-corrected chi connectivity index (χ3v) is 6.64. The van der Waals surface area contributed by atoms with Crippen LogP contribution in [0.25, 0.3) is 0 Å². The third kappa shape index (κ3) is 2.97. The van der Waals surface area contributed by atoms with Crippen molar-refractivity contribution in [3.63, 3.8) is 0 Å². The van der Waals surface area contributed by atoms with Crippen molar-refractivity contribution in [1.29, 1.82) is 0 Å². The standard InChI is InChI=1S/C20H32O4/c1-3-24-20-12-11-17(22)15(18(20)13(2)19(20)23)9-10-16(21)14-7-5-4-6-8-14/h9-10,13-18,21-22H,3-8,11-12H2,1-2H3/b10-9+/t13?,15-,16+,17+,18+,20+/m0/s1. The van der Waals surface area contributed by atoms with Crippen LogP contribution >= 0.6 is 0 Å². The number of carbonyl (C=O) groups is 1. The van der Waals surface area contributed by atoms with E-state index in [1.807, 2.05) is 26.0 Å². The Labute approximate surface area is 145 Å². The van der Waals surface area contributed by atoms with E-state index in [9.17, 15) is 15.0 Å². The molecule has 6 atom stereocenters. The summed E-state index contributed by atoms with van der Waals surface area (Å²) in [5.41, 5.74) is -0.696. The predicted molar refractivity (Wildman–Crippen MR) is 92.5 cm³/mol. The molecule has 0 heterocycles. The lowest BCUT2D eigenvalue weighted by Crippen LogP contribution is -2.69. The Morgan fingerprint density at radius 2 is 2.00 bits per heavy atom. The first-order valence-electron chi connectivity index (χ1n) is 9.74. The summed E-state index contributed by atoms with van der Waals surface area (Å²) < 4.78 is 5.90. The average molecular weight is 336 g/mol. The van der Waals surface area contributed by atoms with Gasteiger partial charge in [0.1, 0.15) is 5.60 Å². The lowest BCUT2D eigenvalue weighted by atomic mass is 9.50. The summed E-state index contributed by atoms with van der Waals surface area (Å²) in [6.45, 7) is 4.39. The van der Waals surface area contributed by atoms with Crippen LogP contribution in [0.1, 0.15) is 58.8 Å². The second-order valence-corrected chi connectivity index (χ2v) is 7.96. The fraction of sp³-hybridized carbons (Fsp3) is 0.850. The SMILES string of the molecule is CCO[C@]12CC[C@@H](O)[C@H](/C=C/[C@@H](O)C3CCCCC3)[C@H]1C(C)C2=O. The van der Waals surface area contributed by atoms with E-state index in [2.05, 4.69) is 0 Å². The summed E-state index contributed by atoms with van der Waals surface area (Å²) in [6.07, 6.45) is 10.0. The van der Waals surface area contributed by atoms with Crippen molar-refractivity contribution in [2.75, 3.05) is 6.61 Å². The van der Waals surface area contributed by atoms with Crippen molar-refractivity contribution in [3.8, 4) is 0 Å². The molecule has 24 heavy (non-hydrogen) atoms. The Hall–Kier alpha value is -0.710. The molecule has 3 fully saturated rings. The van der Waals surface area contributed by atoms with Crippen LogP contribution in [0, 0.1) is 23.7 Å². The molecule has 2 N–H and O–H groups in total. The number of ether oxygens (including phenoxy) is 1. The lowest BCUT2D eigenvalue weighted by molar-refractivity contribution is -0.212. The van der Waals surface area contributed by atoms with Gasteiger partial charge in [-0.3, -0.25) is 4.79 Å². The normalized spacial score (nSPS) is 41.9. The number of aliphatic hydroxyl groups excluding tert-OH is 2. The minimum Gasteiger partial charge on any atom is -0.393 e. The Kier molecular flexibility index (Phi) is 5.48. The van der Waals surface area contributed by atoms with Crippen LogP contribution < -0.4 is 0 Å². The highest BCUT2D eigenvalue weighted by Gasteiger charge is 2.65. The number of rotatable bonds is 5. The maximum Gasteiger partial charge on any atom is 0.168 e. The van der Waals surface area contributed by atoms with Gasteiger partial charge in [-0.05, 0) is 38.5 Å². The fourth-order valence-corrected chi connectivity index (χ4v) is 5.37. The van der Waals surface area contributed by atoms with Crippen molar-refractivity contribution in [1.82, 2.24) is 0 Å². The van der Waals surface area contributed by atoms with E-state index in [0.29, 0.717) is 25.4 Å². The quantitative estimate of drug-likeness (QED) is 0.758. The molecule has 0 aliphatic heterocycles. The monoisotopic (exact) mass is 336 g/mol. The summed E-state index contributed by atoms with van der Waals surface area (Å²) >= 11 is 0. The second kappa shape index (κ2) is 7.27. The number of fused-ring (bicyclic) bond motifs is 1. The van der Waals surface area contributed by atoms with Crippen molar-refractivity contribution in [2.45, 2.75) is 76.6 Å². The number of hydrogen-bond acceptors (Lipinski definition) is 4. The van der Waals surface area contributed by atoms with Gasteiger partial charge in [0.2, 0.25) is 0 Å². The second-order valence-electron chi connectivity index (χ2n) is 7.96. The maximum atomic E-state index is 12.5. The molecule has 0 amide bonds. The molecule has 3 rings (SSSR count). The van der Waals surface area contributed by atoms with Gasteiger partial charge in [-0.25, -0.2) is 0 Å². The van der Waals surface area contributed by atoms with Gasteiger partial charge in [-0.1, -0.05) is 38.3 Å². The number of Topliss-reactive ketones (excluding diaryl/α,β-unsaturated/α-hetero) is 1. The summed E-state index contributed by atoms with van der Waals surface area (Å²) in [4.78, 5) is 12.5. The predicted octanol–water partition coefficient (Wildman–Crippen LogP) is 2.87. The summed E-state index contributed by atoms with van der Waals surface area (Å²) in [5, 5.41) is 21.0. The van der Waals surface area contributed by atoms with Crippen LogP contribution in [0.4, 0.5) is 0 Å². The first kappa shape index (κ1) is 18.1. The number of hydrogen-bond donors (Lipinski definition) is 2. The Morgan fingerprint density at radius 3 is 2.67 bits per heavy atom. The molecule has 0 aromatic carbocycles. The van der Waals surface area contributed by atoms with Crippen molar-refractivity contribution < 1.29 is 19.7 Å². The van der Waals surface area contributed by atoms with Gasteiger partial charge in [0.25, 0.3) is 0 Å². The molecule has 3 saturated carbocycles. The highest BCUT2D eigenvalue weighted by molar-refractivity contribution is 5.96. The van der Waals surface area contributed by atoms with Crippen molar-refractivity contribution in [2.24, 2.45) is 23.7 Å². The van der Waals surface area contributed by atoms with Crippen molar-refractivity contribution in [3.05, 3.63) is 12.2 Å². The summed E-state index contributed by atoms with van der Waals surface area (Å²) in [7, 11) is 0. The van der Waals surface area contributed by atoms with E-state index in [0.717, 1.165) is 12.8 Å². The molecule has 1 unspecified atom stereocenters. The molecule has 0 aromatic rings. The molecule has 0 bridgehead atoms. The van der Waals surface area contributed by atoms with Crippen LogP contribution in [-0.2, 0) is 9.53 Å². The zero-order chi connectivity index (χ0) is 17.3. The third-order valence-electron chi connectivity index (χ3n) is 6.64. The smallest absolute Gasteiger partial charge is 0.168 e. The molecule has 0 aromatic heterocycles. The Balaban J connectivity index is 1.73. The highest BCUT2D eigenvalue weighted by Crippen LogP contribution is 2.55. The number of carbonyl (C=O) groups excluding carboxylic acids is 1.